The summed E-state index contributed by atoms with van der Waals surface area (Å²) >= 11 is -5.62. The molecule has 0 rings (SSSR count). The Balaban J connectivity index is -0.0000000655. The zero-order valence-corrected chi connectivity index (χ0v) is 12.5. The van der Waals surface area contributed by atoms with Crippen LogP contribution in [0.2, 0.25) is 0 Å². The summed E-state index contributed by atoms with van der Waals surface area (Å²) < 4.78 is 36.3. The molecule has 0 atom stereocenters. The molecule has 0 radical (unpaired) electrons. The SMILES string of the molecule is C[N+](C)(C)C.C[N+](C)(C)C.[F-].[O]=[Mn](=[O])(=[O])[O-]. The van der Waals surface area contributed by atoms with Gasteiger partial charge in [-0.1, -0.05) is 0 Å². The van der Waals surface area contributed by atoms with E-state index in [-0.39, 0.29) is 4.70 Å². The first-order valence-corrected chi connectivity index (χ1v) is 6.12. The zero-order valence-electron chi connectivity index (χ0n) is 11.3. The first kappa shape index (κ1) is 24.8. The molecule has 0 aromatic rings. The van der Waals surface area contributed by atoms with Crippen molar-refractivity contribution in [3.8, 4) is 0 Å². The van der Waals surface area contributed by atoms with Crippen LogP contribution in [0.1, 0.15) is 0 Å². The molecule has 0 unspecified atom stereocenters. The standard InChI is InChI=1S/2C4H12N.FH.Mn.4O/c2*1-5(2,3)4;;;;;;/h2*1-4H3;1H;;;;;/q2*+1;;;;;;-1/p-1. The number of rotatable bonds is 0. The van der Waals surface area contributed by atoms with Gasteiger partial charge >= 0.3 is 28.7 Å². The fraction of sp³-hybridized carbons (Fsp3) is 1.00. The average Bonchev–Trinajstić information content (AvgIpc) is 1.41. The van der Waals surface area contributed by atoms with Crippen LogP contribution in [0.3, 0.4) is 0 Å². The third-order valence-corrected chi connectivity index (χ3v) is 0. The first-order chi connectivity index (χ1) is 6.00. The van der Waals surface area contributed by atoms with Gasteiger partial charge in [0.25, 0.3) is 0 Å². The Morgan fingerprint density at radius 3 is 0.688 bits per heavy atom. The summed E-state index contributed by atoms with van der Waals surface area (Å²) in [6.07, 6.45) is 0. The van der Waals surface area contributed by atoms with E-state index in [0.29, 0.717) is 0 Å². The summed E-state index contributed by atoms with van der Waals surface area (Å²) in [7, 11) is 17.0. The molecule has 0 saturated carbocycles. The number of quaternary nitrogens is 2. The molecular weight excluding hydrogens is 262 g/mol. The van der Waals surface area contributed by atoms with Crippen LogP contribution in [-0.4, -0.2) is 65.3 Å². The number of nitrogens with zero attached hydrogens (tertiary/aromatic N) is 2. The second-order valence-corrected chi connectivity index (χ2v) is 6.92. The van der Waals surface area contributed by atoms with Crippen molar-refractivity contribution in [2.45, 2.75) is 0 Å². The van der Waals surface area contributed by atoms with E-state index >= 15 is 0 Å². The number of halogens is 1. The molecule has 16 heavy (non-hydrogen) atoms. The van der Waals surface area contributed by atoms with Crippen molar-refractivity contribution in [2.24, 2.45) is 0 Å². The molecule has 0 spiro atoms. The second-order valence-electron chi connectivity index (χ2n) is 5.74. The van der Waals surface area contributed by atoms with Crippen LogP contribution in [0.25, 0.3) is 0 Å². The van der Waals surface area contributed by atoms with Crippen LogP contribution >= 0.6 is 0 Å². The molecule has 0 aliphatic rings. The van der Waals surface area contributed by atoms with E-state index < -0.39 is 13.0 Å². The predicted octanol–water partition coefficient (Wildman–Crippen LogP) is -3.90. The minimum atomic E-state index is -5.62. The molecule has 6 nitrogen and oxygen atoms in total. The van der Waals surface area contributed by atoms with Gasteiger partial charge in [-0.15, -0.1) is 0 Å². The molecule has 0 aliphatic carbocycles. The Morgan fingerprint density at radius 1 is 0.688 bits per heavy atom. The van der Waals surface area contributed by atoms with Crippen LogP contribution in [0, 0.1) is 0 Å². The second kappa shape index (κ2) is 8.83. The molecule has 0 aromatic carbocycles. The van der Waals surface area contributed by atoms with Crippen LogP contribution in [-0.2, 0) is 24.5 Å². The van der Waals surface area contributed by atoms with Gasteiger partial charge in [0.2, 0.25) is 0 Å². The van der Waals surface area contributed by atoms with Gasteiger partial charge in [0.15, 0.2) is 0 Å². The molecule has 0 heterocycles. The van der Waals surface area contributed by atoms with Crippen LogP contribution in [0.4, 0.5) is 0 Å². The summed E-state index contributed by atoms with van der Waals surface area (Å²) in [4.78, 5) is 0. The number of hydrogen-bond acceptors (Lipinski definition) is 4. The van der Waals surface area contributed by atoms with E-state index in [1.54, 1.807) is 0 Å². The van der Waals surface area contributed by atoms with Crippen LogP contribution in [0.15, 0.2) is 0 Å². The molecule has 0 aliphatic heterocycles. The summed E-state index contributed by atoms with van der Waals surface area (Å²) in [6, 6.07) is 0. The molecular formula is C8H24FMnN2O4. The van der Waals surface area contributed by atoms with Crippen molar-refractivity contribution in [3.63, 3.8) is 0 Å². The third-order valence-electron chi connectivity index (χ3n) is 0. The Hall–Kier alpha value is -0.271. The van der Waals surface area contributed by atoms with Crippen molar-refractivity contribution in [3.05, 3.63) is 0 Å². The molecule has 0 aromatic heterocycles. The van der Waals surface area contributed by atoms with Gasteiger partial charge in [0.05, 0.1) is 56.4 Å². The Kier molecular flexibility index (Phi) is 13.7. The van der Waals surface area contributed by atoms with Crippen molar-refractivity contribution in [1.29, 1.82) is 0 Å². The fourth-order valence-electron chi connectivity index (χ4n) is 0. The molecule has 8 heteroatoms. The van der Waals surface area contributed by atoms with Gasteiger partial charge in [-0.25, -0.2) is 0 Å². The molecule has 0 fully saturated rings. The van der Waals surface area contributed by atoms with Crippen LogP contribution in [0.5, 0.6) is 0 Å². The van der Waals surface area contributed by atoms with Gasteiger partial charge in [-0.05, 0) is 0 Å². The Bertz CT molecular complexity index is 257. The van der Waals surface area contributed by atoms with Gasteiger partial charge in [-0.3, -0.25) is 0 Å². The van der Waals surface area contributed by atoms with Crippen molar-refractivity contribution >= 4 is 0 Å². The van der Waals surface area contributed by atoms with Gasteiger partial charge in [0, 0.05) is 0 Å². The molecule has 0 N–H and O–H groups in total. The topological polar surface area (TPSA) is 74.3 Å². The molecule has 0 amide bonds. The predicted molar refractivity (Wildman–Crippen MR) is 50.0 cm³/mol. The van der Waals surface area contributed by atoms with E-state index in [4.69, 9.17) is 15.7 Å². The van der Waals surface area contributed by atoms with Crippen molar-refractivity contribution in [1.82, 2.24) is 0 Å². The molecule has 0 bridgehead atoms. The van der Waals surface area contributed by atoms with Crippen molar-refractivity contribution in [2.75, 3.05) is 56.4 Å². The Labute approximate surface area is 99.2 Å². The van der Waals surface area contributed by atoms with E-state index in [1.807, 2.05) is 0 Å². The van der Waals surface area contributed by atoms with E-state index in [1.165, 1.54) is 0 Å². The fourth-order valence-corrected chi connectivity index (χ4v) is 0. The normalized spacial score (nSPS) is 11.1. The monoisotopic (exact) mass is 286 g/mol. The van der Waals surface area contributed by atoms with E-state index in [0.717, 1.165) is 8.97 Å². The van der Waals surface area contributed by atoms with E-state index in [9.17, 15) is 0 Å². The van der Waals surface area contributed by atoms with Gasteiger partial charge < -0.3 is 13.7 Å². The van der Waals surface area contributed by atoms with Crippen LogP contribution < -0.4 is 8.89 Å². The summed E-state index contributed by atoms with van der Waals surface area (Å²) in [5, 5.41) is 0. The minimum absolute atomic E-state index is 0. The Morgan fingerprint density at radius 2 is 0.688 bits per heavy atom. The van der Waals surface area contributed by atoms with Gasteiger partial charge in [-0.2, -0.15) is 0 Å². The van der Waals surface area contributed by atoms with Gasteiger partial charge in [0.1, 0.15) is 0 Å². The summed E-state index contributed by atoms with van der Waals surface area (Å²) in [5.74, 6) is 0. The maximum atomic E-state index is 8.58. The quantitative estimate of drug-likeness (QED) is 0.337. The summed E-state index contributed by atoms with van der Waals surface area (Å²) in [6.45, 7) is 0. The average molecular weight is 286 g/mol. The van der Waals surface area contributed by atoms with E-state index in [2.05, 4.69) is 56.4 Å². The molecule has 104 valence electrons. The first-order valence-electron chi connectivity index (χ1n) is 4.19. The van der Waals surface area contributed by atoms with Crippen molar-refractivity contribution < 1.29 is 42.3 Å². The molecule has 0 saturated heterocycles. The number of hydrogen-bond donors (Lipinski definition) is 0. The maximum absolute atomic E-state index is 8.58. The third kappa shape index (κ3) is 30400. The summed E-state index contributed by atoms with van der Waals surface area (Å²) in [5.41, 5.74) is 0. The zero-order chi connectivity index (χ0) is 13.5.